The fraction of sp³-hybridized carbons (Fsp3) is 0.316. The topological polar surface area (TPSA) is 64.7 Å². The van der Waals surface area contributed by atoms with Gasteiger partial charge in [0.2, 0.25) is 5.91 Å². The number of carbonyl (C=O) groups is 1. The van der Waals surface area contributed by atoms with E-state index in [2.05, 4.69) is 15.5 Å². The number of aryl methyl sites for hydroxylation is 2. The molecule has 0 saturated carbocycles. The van der Waals surface area contributed by atoms with Crippen LogP contribution in [-0.2, 0) is 11.3 Å². The van der Waals surface area contributed by atoms with Gasteiger partial charge in [0.25, 0.3) is 0 Å². The summed E-state index contributed by atoms with van der Waals surface area (Å²) >= 11 is 6.03. The zero-order chi connectivity index (χ0) is 18.8. The molecule has 0 radical (unpaired) electrons. The third kappa shape index (κ3) is 3.51. The Labute approximate surface area is 157 Å². The van der Waals surface area contributed by atoms with Crippen LogP contribution in [-0.4, -0.2) is 25.5 Å². The Hall–Kier alpha value is -2.60. The van der Waals surface area contributed by atoms with Crippen molar-refractivity contribution in [1.82, 2.24) is 24.9 Å². The Kier molecular flexibility index (Phi) is 5.13. The molecule has 7 heteroatoms. The maximum Gasteiger partial charge on any atom is 0.244 e. The summed E-state index contributed by atoms with van der Waals surface area (Å²) in [6.45, 7) is 7.99. The maximum atomic E-state index is 12.5. The molecule has 136 valence electrons. The highest BCUT2D eigenvalue weighted by Gasteiger charge is 2.19. The van der Waals surface area contributed by atoms with Crippen LogP contribution in [0.25, 0.3) is 5.69 Å². The Bertz CT molecular complexity index is 910. The summed E-state index contributed by atoms with van der Waals surface area (Å²) < 4.78 is 3.48. The fourth-order valence-electron chi connectivity index (χ4n) is 2.85. The van der Waals surface area contributed by atoms with Gasteiger partial charge in [-0.2, -0.15) is 10.2 Å². The molecule has 1 atom stereocenters. The normalized spacial score (nSPS) is 12.2. The van der Waals surface area contributed by atoms with E-state index in [-0.39, 0.29) is 5.91 Å². The van der Waals surface area contributed by atoms with Gasteiger partial charge in [0.05, 0.1) is 22.1 Å². The van der Waals surface area contributed by atoms with Crippen LogP contribution in [0.1, 0.15) is 35.6 Å². The minimum absolute atomic E-state index is 0.115. The Morgan fingerprint density at radius 2 is 1.85 bits per heavy atom. The van der Waals surface area contributed by atoms with E-state index in [0.717, 1.165) is 22.6 Å². The zero-order valence-electron chi connectivity index (χ0n) is 15.3. The summed E-state index contributed by atoms with van der Waals surface area (Å²) in [6.07, 6.45) is 1.67. The van der Waals surface area contributed by atoms with Gasteiger partial charge in [0.15, 0.2) is 0 Å². The first-order valence-electron chi connectivity index (χ1n) is 8.48. The number of amides is 1. The molecule has 0 aliphatic carbocycles. The van der Waals surface area contributed by atoms with Crippen LogP contribution >= 0.6 is 11.6 Å². The molecule has 1 N–H and O–H groups in total. The smallest absolute Gasteiger partial charge is 0.244 e. The molecule has 0 fully saturated rings. The molecule has 1 unspecified atom stereocenters. The highest BCUT2D eigenvalue weighted by atomic mass is 35.5. The van der Waals surface area contributed by atoms with Crippen LogP contribution in [0.2, 0.25) is 5.02 Å². The van der Waals surface area contributed by atoms with Gasteiger partial charge >= 0.3 is 0 Å². The Balaban J connectivity index is 1.73. The van der Waals surface area contributed by atoms with E-state index in [1.165, 1.54) is 0 Å². The van der Waals surface area contributed by atoms with Crippen LogP contribution in [0.4, 0.5) is 0 Å². The van der Waals surface area contributed by atoms with Crippen molar-refractivity contribution < 1.29 is 4.79 Å². The van der Waals surface area contributed by atoms with Crippen molar-refractivity contribution in [3.05, 3.63) is 64.2 Å². The molecule has 2 heterocycles. The quantitative estimate of drug-likeness (QED) is 0.746. The first-order valence-corrected chi connectivity index (χ1v) is 8.85. The number of halogens is 1. The van der Waals surface area contributed by atoms with Crippen molar-refractivity contribution in [1.29, 1.82) is 0 Å². The zero-order valence-corrected chi connectivity index (χ0v) is 16.1. The van der Waals surface area contributed by atoms with Crippen LogP contribution in [0.3, 0.4) is 0 Å². The van der Waals surface area contributed by atoms with E-state index in [4.69, 9.17) is 11.6 Å². The van der Waals surface area contributed by atoms with Crippen LogP contribution in [0.5, 0.6) is 0 Å². The van der Waals surface area contributed by atoms with Gasteiger partial charge in [-0.1, -0.05) is 29.8 Å². The van der Waals surface area contributed by atoms with Gasteiger partial charge in [-0.25, -0.2) is 4.68 Å². The molecule has 0 bridgehead atoms. The highest BCUT2D eigenvalue weighted by molar-refractivity contribution is 6.31. The second kappa shape index (κ2) is 7.33. The summed E-state index contributed by atoms with van der Waals surface area (Å²) in [4.78, 5) is 12.5. The molecule has 6 nitrogen and oxygen atoms in total. The Morgan fingerprint density at radius 1 is 1.15 bits per heavy atom. The van der Waals surface area contributed by atoms with E-state index < -0.39 is 6.04 Å². The minimum atomic E-state index is -0.439. The molecule has 0 spiro atoms. The second-order valence-corrected chi connectivity index (χ2v) is 6.74. The van der Waals surface area contributed by atoms with Gasteiger partial charge in [-0.3, -0.25) is 9.48 Å². The van der Waals surface area contributed by atoms with Crippen molar-refractivity contribution >= 4 is 17.5 Å². The second-order valence-electron chi connectivity index (χ2n) is 6.33. The number of hydrogen-bond donors (Lipinski definition) is 1. The predicted octanol–water partition coefficient (Wildman–Crippen LogP) is 3.52. The SMILES string of the molecule is Cc1nn(C(C)C(=O)NCc2c(C)nn(-c3ccccc3)c2C)cc1Cl. The fourth-order valence-corrected chi connectivity index (χ4v) is 2.99. The van der Waals surface area contributed by atoms with E-state index in [1.807, 2.05) is 55.8 Å². The lowest BCUT2D eigenvalue weighted by atomic mass is 10.2. The molecule has 0 saturated heterocycles. The number of hydrogen-bond acceptors (Lipinski definition) is 3. The lowest BCUT2D eigenvalue weighted by molar-refractivity contribution is -0.124. The third-order valence-electron chi connectivity index (χ3n) is 4.51. The monoisotopic (exact) mass is 371 g/mol. The van der Waals surface area contributed by atoms with Gasteiger partial charge in [0, 0.05) is 24.0 Å². The van der Waals surface area contributed by atoms with Crippen LogP contribution in [0.15, 0.2) is 36.5 Å². The minimum Gasteiger partial charge on any atom is -0.350 e. The van der Waals surface area contributed by atoms with Crippen molar-refractivity contribution in [3.63, 3.8) is 0 Å². The lowest BCUT2D eigenvalue weighted by Crippen LogP contribution is -2.31. The van der Waals surface area contributed by atoms with Crippen LogP contribution < -0.4 is 5.32 Å². The van der Waals surface area contributed by atoms with Gasteiger partial charge in [-0.05, 0) is 39.8 Å². The van der Waals surface area contributed by atoms with E-state index >= 15 is 0 Å². The molecule has 2 aromatic heterocycles. The van der Waals surface area contributed by atoms with E-state index in [1.54, 1.807) is 17.8 Å². The third-order valence-corrected chi connectivity index (χ3v) is 4.89. The number of nitrogens with zero attached hydrogens (tertiary/aromatic N) is 4. The largest absolute Gasteiger partial charge is 0.350 e. The molecular formula is C19H22ClN5O. The van der Waals surface area contributed by atoms with Crippen molar-refractivity contribution in [2.45, 2.75) is 40.3 Å². The summed E-state index contributed by atoms with van der Waals surface area (Å²) in [5, 5.41) is 12.4. The van der Waals surface area contributed by atoms with Gasteiger partial charge in [-0.15, -0.1) is 0 Å². The number of carbonyl (C=O) groups excluding carboxylic acids is 1. The van der Waals surface area contributed by atoms with Gasteiger partial charge in [0.1, 0.15) is 6.04 Å². The Morgan fingerprint density at radius 3 is 2.46 bits per heavy atom. The number of nitrogens with one attached hydrogen (secondary N) is 1. The van der Waals surface area contributed by atoms with E-state index in [9.17, 15) is 4.79 Å². The molecule has 1 aromatic carbocycles. The molecule has 26 heavy (non-hydrogen) atoms. The van der Waals surface area contributed by atoms with Crippen molar-refractivity contribution in [2.24, 2.45) is 0 Å². The summed E-state index contributed by atoms with van der Waals surface area (Å²) in [7, 11) is 0. The average molecular weight is 372 g/mol. The van der Waals surface area contributed by atoms with E-state index in [0.29, 0.717) is 17.3 Å². The summed E-state index contributed by atoms with van der Waals surface area (Å²) in [5.74, 6) is -0.115. The predicted molar refractivity (Wildman–Crippen MR) is 102 cm³/mol. The lowest BCUT2D eigenvalue weighted by Gasteiger charge is -2.13. The molecule has 3 rings (SSSR count). The standard InChI is InChI=1S/C19H22ClN5O/c1-12-17(14(3)25(23-12)16-8-6-5-7-9-16)10-21-19(26)15(4)24-11-18(20)13(2)22-24/h5-9,11,15H,10H2,1-4H3,(H,21,26). The number of rotatable bonds is 5. The van der Waals surface area contributed by atoms with Crippen LogP contribution in [0, 0.1) is 20.8 Å². The van der Waals surface area contributed by atoms with Crippen molar-refractivity contribution in [2.75, 3.05) is 0 Å². The maximum absolute atomic E-state index is 12.5. The number of benzene rings is 1. The van der Waals surface area contributed by atoms with Crippen molar-refractivity contribution in [3.8, 4) is 5.69 Å². The number of para-hydroxylation sites is 1. The molecule has 3 aromatic rings. The first-order chi connectivity index (χ1) is 12.4. The highest BCUT2D eigenvalue weighted by Crippen LogP contribution is 2.19. The van der Waals surface area contributed by atoms with Gasteiger partial charge < -0.3 is 5.32 Å². The number of aromatic nitrogens is 4. The molecule has 1 amide bonds. The molecule has 0 aliphatic heterocycles. The average Bonchev–Trinajstić information content (AvgIpc) is 3.12. The first kappa shape index (κ1) is 18.2. The molecular weight excluding hydrogens is 350 g/mol. The summed E-state index contributed by atoms with van der Waals surface area (Å²) in [6, 6.07) is 9.51. The molecule has 0 aliphatic rings. The summed E-state index contributed by atoms with van der Waals surface area (Å²) in [5.41, 5.74) is 4.64.